The van der Waals surface area contributed by atoms with Crippen molar-refractivity contribution in [3.05, 3.63) is 119 Å². The molecule has 0 aromatic heterocycles. The van der Waals surface area contributed by atoms with Crippen LogP contribution in [0, 0.1) is 13.8 Å². The van der Waals surface area contributed by atoms with Gasteiger partial charge in [0.15, 0.2) is 0 Å². The van der Waals surface area contributed by atoms with E-state index in [-0.39, 0.29) is 6.71 Å². The number of fused-ring (bicyclic) bond motifs is 4. The van der Waals surface area contributed by atoms with Gasteiger partial charge in [-0.25, -0.2) is 0 Å². The molecule has 0 radical (unpaired) electrons. The lowest BCUT2D eigenvalue weighted by Crippen LogP contribution is -2.59. The molecule has 0 unspecified atom stereocenters. The Morgan fingerprint density at radius 2 is 1.15 bits per heavy atom. The molecular formula is C43H48BNOSi. The summed E-state index contributed by atoms with van der Waals surface area (Å²) in [4.78, 5) is 2.52. The van der Waals surface area contributed by atoms with Crippen molar-refractivity contribution < 1.29 is 4.74 Å². The van der Waals surface area contributed by atoms with Gasteiger partial charge in [-0.05, 0) is 106 Å². The van der Waals surface area contributed by atoms with Crippen molar-refractivity contribution in [2.45, 2.75) is 86.2 Å². The number of aryl methyl sites for hydroxylation is 2. The first-order chi connectivity index (χ1) is 22.4. The van der Waals surface area contributed by atoms with Crippen LogP contribution >= 0.6 is 0 Å². The second-order valence-corrected chi connectivity index (χ2v) is 19.7. The van der Waals surface area contributed by atoms with Gasteiger partial charge in [-0.3, -0.25) is 0 Å². The summed E-state index contributed by atoms with van der Waals surface area (Å²) in [5.74, 6) is 3.17. The van der Waals surface area contributed by atoms with E-state index in [1.165, 1.54) is 71.6 Å². The molecule has 5 aromatic carbocycles. The minimum Gasteiger partial charge on any atom is -0.458 e. The van der Waals surface area contributed by atoms with Crippen LogP contribution in [0.25, 0.3) is 0 Å². The highest BCUT2D eigenvalue weighted by Gasteiger charge is 2.41. The van der Waals surface area contributed by atoms with E-state index < -0.39 is 8.07 Å². The van der Waals surface area contributed by atoms with Gasteiger partial charge in [0.25, 0.3) is 6.71 Å². The molecule has 0 fully saturated rings. The van der Waals surface area contributed by atoms with Gasteiger partial charge in [0, 0.05) is 17.1 Å². The molecule has 5 aromatic rings. The average molecular weight is 634 g/mol. The first kappa shape index (κ1) is 31.6. The second-order valence-electron chi connectivity index (χ2n) is 15.4. The number of nitrogens with zero attached hydrogens (tertiary/aromatic N) is 1. The summed E-state index contributed by atoms with van der Waals surface area (Å²) in [6, 6.07) is 34.7. The van der Waals surface area contributed by atoms with Crippen molar-refractivity contribution in [2.75, 3.05) is 4.90 Å². The predicted octanol–water partition coefficient (Wildman–Crippen LogP) is 8.90. The number of benzene rings is 5. The van der Waals surface area contributed by atoms with Crippen molar-refractivity contribution in [3.8, 4) is 11.5 Å². The Labute approximate surface area is 283 Å². The minimum atomic E-state index is -1.93. The van der Waals surface area contributed by atoms with Crippen LogP contribution in [0.5, 0.6) is 11.5 Å². The molecular weight excluding hydrogens is 585 g/mol. The van der Waals surface area contributed by atoms with Gasteiger partial charge in [0.2, 0.25) is 0 Å². The molecule has 238 valence electrons. The van der Waals surface area contributed by atoms with Crippen LogP contribution in [0.1, 0.15) is 87.1 Å². The van der Waals surface area contributed by atoms with Crippen molar-refractivity contribution in [2.24, 2.45) is 0 Å². The van der Waals surface area contributed by atoms with Crippen LogP contribution in [-0.2, 0) is 0 Å². The molecule has 0 amide bonds. The van der Waals surface area contributed by atoms with E-state index in [0.717, 1.165) is 11.5 Å². The Kier molecular flexibility index (Phi) is 7.79. The van der Waals surface area contributed by atoms with Gasteiger partial charge < -0.3 is 9.64 Å². The Bertz CT molecular complexity index is 1940. The molecule has 0 atom stereocenters. The summed E-state index contributed by atoms with van der Waals surface area (Å²) in [6.45, 7) is 23.6. The summed E-state index contributed by atoms with van der Waals surface area (Å²) < 4.78 is 6.73. The topological polar surface area (TPSA) is 12.5 Å². The normalized spacial score (nSPS) is 14.6. The summed E-state index contributed by atoms with van der Waals surface area (Å²) in [7, 11) is -1.93. The summed E-state index contributed by atoms with van der Waals surface area (Å²) >= 11 is 0. The quantitative estimate of drug-likeness (QED) is 0.176. The predicted molar refractivity (Wildman–Crippen MR) is 207 cm³/mol. The smallest absolute Gasteiger partial charge is 0.251 e. The molecule has 0 bridgehead atoms. The van der Waals surface area contributed by atoms with E-state index in [9.17, 15) is 0 Å². The third kappa shape index (κ3) is 5.17. The maximum absolute atomic E-state index is 6.73. The average Bonchev–Trinajstić information content (AvgIpc) is 3.03. The number of anilines is 3. The highest BCUT2D eigenvalue weighted by Crippen LogP contribution is 2.40. The Morgan fingerprint density at radius 3 is 1.70 bits per heavy atom. The van der Waals surface area contributed by atoms with Gasteiger partial charge in [-0.1, -0.05) is 126 Å². The first-order valence-electron chi connectivity index (χ1n) is 17.5. The molecule has 2 aliphatic rings. The number of rotatable bonds is 5. The lowest BCUT2D eigenvalue weighted by molar-refractivity contribution is 0.487. The fourth-order valence-electron chi connectivity index (χ4n) is 7.99. The third-order valence-corrected chi connectivity index (χ3v) is 14.1. The second kappa shape index (κ2) is 11.6. The Morgan fingerprint density at radius 1 is 0.596 bits per heavy atom. The lowest BCUT2D eigenvalue weighted by Gasteiger charge is -2.42. The number of hydrogen-bond acceptors (Lipinski definition) is 2. The van der Waals surface area contributed by atoms with Crippen LogP contribution in [0.2, 0.25) is 13.1 Å². The summed E-state index contributed by atoms with van der Waals surface area (Å²) in [6.07, 6.45) is 0. The number of hydrogen-bond donors (Lipinski definition) is 0. The van der Waals surface area contributed by atoms with Crippen molar-refractivity contribution in [1.82, 2.24) is 0 Å². The number of para-hydroxylation sites is 1. The summed E-state index contributed by atoms with van der Waals surface area (Å²) in [5, 5.41) is 3.00. The van der Waals surface area contributed by atoms with Crippen LogP contribution in [0.3, 0.4) is 0 Å². The van der Waals surface area contributed by atoms with Gasteiger partial charge in [0.1, 0.15) is 19.6 Å². The van der Waals surface area contributed by atoms with E-state index >= 15 is 0 Å². The lowest BCUT2D eigenvalue weighted by atomic mass is 9.34. The molecule has 2 aliphatic heterocycles. The summed E-state index contributed by atoms with van der Waals surface area (Å²) in [5.41, 5.74) is 14.7. The maximum atomic E-state index is 6.73. The molecule has 0 aliphatic carbocycles. The zero-order valence-corrected chi connectivity index (χ0v) is 30.8. The van der Waals surface area contributed by atoms with Gasteiger partial charge >= 0.3 is 0 Å². The Hall–Kier alpha value is -4.02. The van der Waals surface area contributed by atoms with Crippen LogP contribution in [0.15, 0.2) is 91.0 Å². The molecule has 47 heavy (non-hydrogen) atoms. The highest BCUT2D eigenvalue weighted by atomic mass is 28.3. The van der Waals surface area contributed by atoms with Crippen molar-refractivity contribution in [3.63, 3.8) is 0 Å². The van der Waals surface area contributed by atoms with Gasteiger partial charge in [0.05, 0.1) is 0 Å². The fourth-order valence-corrected chi connectivity index (χ4v) is 11.1. The van der Waals surface area contributed by atoms with E-state index in [2.05, 4.69) is 164 Å². The number of ether oxygens (including phenoxy) is 1. The standard InChI is InChI=1S/C43H48BNOSi/c1-26(2)31-23-33(27(3)4)43(34(24-31)28(5)6)44-35-13-11-12-14-39(35)46-40-20-17-32(25-36(40)44)45-37-18-15-29(7)21-41(37)47(9,10)42-22-30(8)16-19-38(42)45/h11-28H,1-10H3. The SMILES string of the molecule is Cc1ccc2c(c1)[Si](C)(C)c1cc(C)ccc1N2c1ccc2c(c1)B(c1c(C(C)C)cc(C(C)C)cc1C(C)C)c1ccccc1O2. The Balaban J connectivity index is 1.51. The molecule has 7 rings (SSSR count). The third-order valence-electron chi connectivity index (χ3n) is 10.6. The zero-order valence-electron chi connectivity index (χ0n) is 29.8. The van der Waals surface area contributed by atoms with E-state index in [1.54, 1.807) is 0 Å². The van der Waals surface area contributed by atoms with Crippen LogP contribution < -0.4 is 36.4 Å². The van der Waals surface area contributed by atoms with Crippen molar-refractivity contribution >= 4 is 58.6 Å². The fraction of sp³-hybridized carbons (Fsp3) is 0.302. The largest absolute Gasteiger partial charge is 0.458 e. The molecule has 4 heteroatoms. The van der Waals surface area contributed by atoms with Crippen molar-refractivity contribution in [1.29, 1.82) is 0 Å². The minimum absolute atomic E-state index is 0.0662. The van der Waals surface area contributed by atoms with Crippen LogP contribution in [-0.4, -0.2) is 14.8 Å². The molecule has 2 nitrogen and oxygen atoms in total. The van der Waals surface area contributed by atoms with Gasteiger partial charge in [-0.2, -0.15) is 0 Å². The zero-order chi connectivity index (χ0) is 33.4. The highest BCUT2D eigenvalue weighted by molar-refractivity contribution is 7.02. The van der Waals surface area contributed by atoms with E-state index in [0.29, 0.717) is 17.8 Å². The van der Waals surface area contributed by atoms with Crippen LogP contribution in [0.4, 0.5) is 17.1 Å². The van der Waals surface area contributed by atoms with E-state index in [4.69, 9.17) is 4.74 Å². The molecule has 0 N–H and O–H groups in total. The van der Waals surface area contributed by atoms with Gasteiger partial charge in [-0.15, -0.1) is 0 Å². The molecule has 0 spiro atoms. The molecule has 2 heterocycles. The monoisotopic (exact) mass is 633 g/mol. The van der Waals surface area contributed by atoms with E-state index in [1.807, 2.05) is 0 Å². The maximum Gasteiger partial charge on any atom is 0.251 e. The molecule has 0 saturated heterocycles. The molecule has 0 saturated carbocycles. The first-order valence-corrected chi connectivity index (χ1v) is 20.5.